The average Bonchev–Trinajstić information content (AvgIpc) is 2.48. The molecule has 1 aliphatic rings. The van der Waals surface area contributed by atoms with Crippen LogP contribution in [0.2, 0.25) is 5.02 Å². The number of piperidine rings is 1. The maximum Gasteiger partial charge on any atom is 0.223 e. The van der Waals surface area contributed by atoms with E-state index in [0.717, 1.165) is 50.5 Å². The molecule has 0 atom stereocenters. The van der Waals surface area contributed by atoms with E-state index in [4.69, 9.17) is 11.6 Å². The summed E-state index contributed by atoms with van der Waals surface area (Å²) in [5, 5.41) is 3.78. The number of amides is 1. The smallest absolute Gasteiger partial charge is 0.223 e. The van der Waals surface area contributed by atoms with Crippen molar-refractivity contribution in [1.29, 1.82) is 0 Å². The minimum atomic E-state index is 0.197. The average molecular weight is 295 g/mol. The zero-order valence-corrected chi connectivity index (χ0v) is 12.8. The van der Waals surface area contributed by atoms with Crippen molar-refractivity contribution in [3.05, 3.63) is 34.9 Å². The lowest BCUT2D eigenvalue weighted by molar-refractivity contribution is -0.126. The number of hydrogen-bond acceptors (Lipinski definition) is 2. The number of carbonyl (C=O) groups is 1. The van der Waals surface area contributed by atoms with Crippen molar-refractivity contribution in [2.75, 3.05) is 19.6 Å². The van der Waals surface area contributed by atoms with Crippen LogP contribution in [-0.2, 0) is 11.3 Å². The van der Waals surface area contributed by atoms with Gasteiger partial charge in [0, 0.05) is 24.0 Å². The fourth-order valence-corrected chi connectivity index (χ4v) is 2.72. The third-order valence-corrected chi connectivity index (χ3v) is 4.08. The number of carbonyl (C=O) groups excluding carboxylic acids is 1. The van der Waals surface area contributed by atoms with Crippen molar-refractivity contribution in [3.63, 3.8) is 0 Å². The molecular weight excluding hydrogens is 272 g/mol. The van der Waals surface area contributed by atoms with Gasteiger partial charge in [-0.25, -0.2) is 0 Å². The first-order valence-corrected chi connectivity index (χ1v) is 7.81. The Hall–Kier alpha value is -1.06. The number of rotatable bonds is 5. The highest BCUT2D eigenvalue weighted by Crippen LogP contribution is 2.20. The van der Waals surface area contributed by atoms with Gasteiger partial charge in [-0.3, -0.25) is 9.69 Å². The predicted octanol–water partition coefficient (Wildman–Crippen LogP) is 3.08. The Balaban J connectivity index is 1.76. The van der Waals surface area contributed by atoms with Gasteiger partial charge in [-0.1, -0.05) is 30.7 Å². The molecule has 1 fully saturated rings. The second-order valence-electron chi connectivity index (χ2n) is 5.47. The molecule has 0 aliphatic carbocycles. The molecule has 0 radical (unpaired) electrons. The molecule has 0 aromatic heterocycles. The Morgan fingerprint density at radius 2 is 1.95 bits per heavy atom. The zero-order valence-electron chi connectivity index (χ0n) is 12.1. The van der Waals surface area contributed by atoms with E-state index in [2.05, 4.69) is 29.3 Å². The lowest BCUT2D eigenvalue weighted by Crippen LogP contribution is -2.40. The number of likely N-dealkylation sites (tertiary alicyclic amines) is 1. The van der Waals surface area contributed by atoms with Crippen molar-refractivity contribution < 1.29 is 4.79 Å². The van der Waals surface area contributed by atoms with Crippen LogP contribution in [0.5, 0.6) is 0 Å². The molecule has 0 spiro atoms. The van der Waals surface area contributed by atoms with Crippen LogP contribution in [0.25, 0.3) is 0 Å². The van der Waals surface area contributed by atoms with Gasteiger partial charge in [0.2, 0.25) is 5.91 Å². The van der Waals surface area contributed by atoms with Gasteiger partial charge in [-0.05, 0) is 50.0 Å². The Kier molecular flexibility index (Phi) is 5.86. The number of halogens is 1. The molecule has 0 bridgehead atoms. The van der Waals surface area contributed by atoms with Crippen molar-refractivity contribution in [3.8, 4) is 0 Å². The van der Waals surface area contributed by atoms with Crippen LogP contribution in [0.4, 0.5) is 0 Å². The zero-order chi connectivity index (χ0) is 14.4. The van der Waals surface area contributed by atoms with Crippen LogP contribution in [-0.4, -0.2) is 30.4 Å². The molecule has 1 aromatic carbocycles. The number of benzene rings is 1. The summed E-state index contributed by atoms with van der Waals surface area (Å²) in [4.78, 5) is 14.3. The molecule has 1 N–H and O–H groups in total. The first kappa shape index (κ1) is 15.3. The lowest BCUT2D eigenvalue weighted by Gasteiger charge is -2.31. The number of hydrogen-bond donors (Lipinski definition) is 1. The molecule has 0 unspecified atom stereocenters. The van der Waals surface area contributed by atoms with Gasteiger partial charge in [0.1, 0.15) is 0 Å². The van der Waals surface area contributed by atoms with E-state index in [9.17, 15) is 4.79 Å². The van der Waals surface area contributed by atoms with Gasteiger partial charge in [-0.2, -0.15) is 0 Å². The minimum Gasteiger partial charge on any atom is -0.356 e. The normalized spacial score (nSPS) is 17.1. The molecule has 2 rings (SSSR count). The van der Waals surface area contributed by atoms with E-state index >= 15 is 0 Å². The summed E-state index contributed by atoms with van der Waals surface area (Å²) in [5.74, 6) is 0.431. The fourth-order valence-electron chi connectivity index (χ4n) is 2.59. The Labute approximate surface area is 126 Å². The Morgan fingerprint density at radius 1 is 1.30 bits per heavy atom. The number of nitrogens with zero attached hydrogens (tertiary/aromatic N) is 1. The molecule has 20 heavy (non-hydrogen) atoms. The first-order chi connectivity index (χ1) is 9.69. The largest absolute Gasteiger partial charge is 0.356 e. The molecule has 1 heterocycles. The summed E-state index contributed by atoms with van der Waals surface area (Å²) in [6, 6.07) is 8.01. The Bertz CT molecular complexity index is 425. The summed E-state index contributed by atoms with van der Waals surface area (Å²) in [5.41, 5.74) is 1.28. The first-order valence-electron chi connectivity index (χ1n) is 7.43. The van der Waals surface area contributed by atoms with Crippen molar-refractivity contribution in [2.45, 2.75) is 32.7 Å². The van der Waals surface area contributed by atoms with E-state index in [1.807, 2.05) is 12.1 Å². The van der Waals surface area contributed by atoms with Gasteiger partial charge >= 0.3 is 0 Å². The third kappa shape index (κ3) is 4.50. The molecule has 1 aromatic rings. The second-order valence-corrected chi connectivity index (χ2v) is 5.90. The molecule has 1 amide bonds. The minimum absolute atomic E-state index is 0.197. The van der Waals surface area contributed by atoms with E-state index < -0.39 is 0 Å². The van der Waals surface area contributed by atoms with Gasteiger partial charge in [-0.15, -0.1) is 0 Å². The van der Waals surface area contributed by atoms with Crippen LogP contribution in [0, 0.1) is 5.92 Å². The van der Waals surface area contributed by atoms with Crippen molar-refractivity contribution in [2.24, 2.45) is 5.92 Å². The Morgan fingerprint density at radius 3 is 2.55 bits per heavy atom. The summed E-state index contributed by atoms with van der Waals surface area (Å²) in [6.07, 6.45) is 2.92. The molecule has 0 saturated carbocycles. The monoisotopic (exact) mass is 294 g/mol. The molecule has 4 heteroatoms. The van der Waals surface area contributed by atoms with E-state index in [-0.39, 0.29) is 11.8 Å². The quantitative estimate of drug-likeness (QED) is 0.905. The fraction of sp³-hybridized carbons (Fsp3) is 0.562. The lowest BCUT2D eigenvalue weighted by atomic mass is 9.95. The molecule has 110 valence electrons. The second kappa shape index (κ2) is 7.65. The highest BCUT2D eigenvalue weighted by atomic mass is 35.5. The number of nitrogens with one attached hydrogen (secondary N) is 1. The maximum absolute atomic E-state index is 11.9. The molecule has 1 saturated heterocycles. The van der Waals surface area contributed by atoms with Crippen molar-refractivity contribution >= 4 is 17.5 Å². The van der Waals surface area contributed by atoms with Crippen LogP contribution >= 0.6 is 11.6 Å². The highest BCUT2D eigenvalue weighted by Gasteiger charge is 2.24. The van der Waals surface area contributed by atoms with E-state index in [0.29, 0.717) is 0 Å². The maximum atomic E-state index is 11.9. The van der Waals surface area contributed by atoms with E-state index in [1.165, 1.54) is 5.56 Å². The molecule has 3 nitrogen and oxygen atoms in total. The molecular formula is C16H23ClN2O. The van der Waals surface area contributed by atoms with E-state index in [1.54, 1.807) is 0 Å². The summed E-state index contributed by atoms with van der Waals surface area (Å²) in [7, 11) is 0. The summed E-state index contributed by atoms with van der Waals surface area (Å²) in [6.45, 7) is 5.80. The van der Waals surface area contributed by atoms with Crippen LogP contribution in [0.1, 0.15) is 31.7 Å². The van der Waals surface area contributed by atoms with Crippen LogP contribution < -0.4 is 5.32 Å². The topological polar surface area (TPSA) is 32.3 Å². The van der Waals surface area contributed by atoms with Crippen molar-refractivity contribution in [1.82, 2.24) is 10.2 Å². The standard InChI is InChI=1S/C16H23ClN2O/c1-2-9-18-16(20)14-7-10-19(11-8-14)12-13-3-5-15(17)6-4-13/h3-6,14H,2,7-12H2,1H3,(H,18,20). The SMILES string of the molecule is CCCNC(=O)C1CCN(Cc2ccc(Cl)cc2)CC1. The van der Waals surface area contributed by atoms with Crippen LogP contribution in [0.3, 0.4) is 0 Å². The summed E-state index contributed by atoms with van der Waals surface area (Å²) >= 11 is 5.89. The molecule has 1 aliphatic heterocycles. The van der Waals surface area contributed by atoms with Gasteiger partial charge in [0.05, 0.1) is 0 Å². The van der Waals surface area contributed by atoms with Gasteiger partial charge in [0.25, 0.3) is 0 Å². The summed E-state index contributed by atoms with van der Waals surface area (Å²) < 4.78 is 0. The van der Waals surface area contributed by atoms with Gasteiger partial charge in [0.15, 0.2) is 0 Å². The predicted molar refractivity (Wildman–Crippen MR) is 82.8 cm³/mol. The van der Waals surface area contributed by atoms with Crippen LogP contribution in [0.15, 0.2) is 24.3 Å². The highest BCUT2D eigenvalue weighted by molar-refractivity contribution is 6.30. The van der Waals surface area contributed by atoms with Gasteiger partial charge < -0.3 is 5.32 Å². The third-order valence-electron chi connectivity index (χ3n) is 3.83.